The molecule has 0 spiro atoms. The van der Waals surface area contributed by atoms with Gasteiger partial charge in [0.1, 0.15) is 0 Å². The van der Waals surface area contributed by atoms with E-state index >= 15 is 0 Å². The van der Waals surface area contributed by atoms with Crippen molar-refractivity contribution < 1.29 is 0 Å². The van der Waals surface area contributed by atoms with Gasteiger partial charge in [0.15, 0.2) is 0 Å². The van der Waals surface area contributed by atoms with E-state index in [0.29, 0.717) is 12.5 Å². The van der Waals surface area contributed by atoms with E-state index in [1.165, 1.54) is 5.69 Å². The average molecular weight is 181 g/mol. The highest BCUT2D eigenvalue weighted by molar-refractivity contribution is 5.14. The summed E-state index contributed by atoms with van der Waals surface area (Å²) in [5, 5.41) is 4.48. The van der Waals surface area contributed by atoms with Crippen molar-refractivity contribution in [1.82, 2.24) is 9.78 Å². The normalized spacial score (nSPS) is 11.2. The first kappa shape index (κ1) is 10.3. The summed E-state index contributed by atoms with van der Waals surface area (Å²) in [5.41, 5.74) is 7.92. The molecule has 3 heteroatoms. The number of nitrogens with zero attached hydrogens (tertiary/aromatic N) is 2. The Hall–Kier alpha value is -0.830. The Balaban J connectivity index is 2.90. The summed E-state index contributed by atoms with van der Waals surface area (Å²) in [6, 6.07) is 2.17. The van der Waals surface area contributed by atoms with Crippen LogP contribution in [0.15, 0.2) is 6.07 Å². The zero-order valence-electron chi connectivity index (χ0n) is 8.75. The van der Waals surface area contributed by atoms with Crippen LogP contribution in [0.3, 0.4) is 0 Å². The van der Waals surface area contributed by atoms with Gasteiger partial charge in [0.25, 0.3) is 0 Å². The number of hydrogen-bond acceptors (Lipinski definition) is 2. The zero-order chi connectivity index (χ0) is 9.84. The molecule has 0 saturated heterocycles. The standard InChI is InChI=1S/C10H19N3/c1-4-13-10(8(2)3)7-9(12-13)5-6-11/h7-8H,4-6,11H2,1-3H3. The summed E-state index contributed by atoms with van der Waals surface area (Å²) < 4.78 is 2.07. The van der Waals surface area contributed by atoms with Gasteiger partial charge in [-0.05, 0) is 25.5 Å². The fourth-order valence-corrected chi connectivity index (χ4v) is 1.47. The highest BCUT2D eigenvalue weighted by Gasteiger charge is 2.08. The minimum Gasteiger partial charge on any atom is -0.330 e. The summed E-state index contributed by atoms with van der Waals surface area (Å²) in [5.74, 6) is 0.541. The summed E-state index contributed by atoms with van der Waals surface area (Å²) in [6.45, 7) is 8.12. The second-order valence-electron chi connectivity index (χ2n) is 3.57. The Bertz CT molecular complexity index is 263. The van der Waals surface area contributed by atoms with Gasteiger partial charge in [-0.15, -0.1) is 0 Å². The number of nitrogens with two attached hydrogens (primary N) is 1. The van der Waals surface area contributed by atoms with Crippen molar-refractivity contribution in [3.8, 4) is 0 Å². The highest BCUT2D eigenvalue weighted by Crippen LogP contribution is 2.15. The molecule has 0 radical (unpaired) electrons. The third kappa shape index (κ3) is 2.31. The number of hydrogen-bond donors (Lipinski definition) is 1. The van der Waals surface area contributed by atoms with Crippen LogP contribution < -0.4 is 5.73 Å². The molecule has 1 aromatic heterocycles. The van der Waals surface area contributed by atoms with Crippen LogP contribution in [0.1, 0.15) is 38.1 Å². The van der Waals surface area contributed by atoms with Crippen LogP contribution >= 0.6 is 0 Å². The largest absolute Gasteiger partial charge is 0.330 e. The molecular weight excluding hydrogens is 162 g/mol. The SMILES string of the molecule is CCn1nc(CCN)cc1C(C)C. The van der Waals surface area contributed by atoms with Gasteiger partial charge in [0, 0.05) is 18.7 Å². The predicted octanol–water partition coefficient (Wildman–Crippen LogP) is 1.53. The van der Waals surface area contributed by atoms with Crippen molar-refractivity contribution in [3.05, 3.63) is 17.5 Å². The zero-order valence-corrected chi connectivity index (χ0v) is 8.75. The molecule has 0 aromatic carbocycles. The predicted molar refractivity (Wildman–Crippen MR) is 54.7 cm³/mol. The van der Waals surface area contributed by atoms with E-state index < -0.39 is 0 Å². The number of rotatable bonds is 4. The lowest BCUT2D eigenvalue weighted by molar-refractivity contribution is 0.591. The summed E-state index contributed by atoms with van der Waals surface area (Å²) in [4.78, 5) is 0. The first-order valence-electron chi connectivity index (χ1n) is 4.95. The topological polar surface area (TPSA) is 43.8 Å². The summed E-state index contributed by atoms with van der Waals surface area (Å²) in [6.07, 6.45) is 0.882. The fourth-order valence-electron chi connectivity index (χ4n) is 1.47. The second-order valence-corrected chi connectivity index (χ2v) is 3.57. The molecule has 0 bridgehead atoms. The maximum absolute atomic E-state index is 5.49. The summed E-state index contributed by atoms with van der Waals surface area (Å²) >= 11 is 0. The van der Waals surface area contributed by atoms with Crippen LogP contribution in [0.5, 0.6) is 0 Å². The third-order valence-corrected chi connectivity index (χ3v) is 2.15. The van der Waals surface area contributed by atoms with E-state index in [2.05, 4.69) is 36.6 Å². The first-order chi connectivity index (χ1) is 6.19. The Morgan fingerprint density at radius 3 is 2.62 bits per heavy atom. The second kappa shape index (κ2) is 4.42. The van der Waals surface area contributed by atoms with Crippen LogP contribution in [-0.4, -0.2) is 16.3 Å². The minimum absolute atomic E-state index is 0.541. The quantitative estimate of drug-likeness (QED) is 0.765. The molecule has 2 N–H and O–H groups in total. The lowest BCUT2D eigenvalue weighted by Gasteiger charge is -2.06. The third-order valence-electron chi connectivity index (χ3n) is 2.15. The smallest absolute Gasteiger partial charge is 0.0640 e. The van der Waals surface area contributed by atoms with Crippen molar-refractivity contribution in [2.24, 2.45) is 5.73 Å². The van der Waals surface area contributed by atoms with E-state index in [9.17, 15) is 0 Å². The van der Waals surface area contributed by atoms with Crippen molar-refractivity contribution in [2.75, 3.05) is 6.54 Å². The molecular formula is C10H19N3. The van der Waals surface area contributed by atoms with Crippen LogP contribution in [0.2, 0.25) is 0 Å². The molecule has 0 aliphatic heterocycles. The molecule has 0 atom stereocenters. The molecule has 0 fully saturated rings. The van der Waals surface area contributed by atoms with Gasteiger partial charge in [0.05, 0.1) is 5.69 Å². The number of aromatic nitrogens is 2. The highest BCUT2D eigenvalue weighted by atomic mass is 15.3. The van der Waals surface area contributed by atoms with Gasteiger partial charge in [0.2, 0.25) is 0 Å². The maximum Gasteiger partial charge on any atom is 0.0640 e. The van der Waals surface area contributed by atoms with Gasteiger partial charge < -0.3 is 5.73 Å². The number of aryl methyl sites for hydroxylation is 1. The first-order valence-corrected chi connectivity index (χ1v) is 4.95. The average Bonchev–Trinajstić information content (AvgIpc) is 2.48. The molecule has 0 saturated carbocycles. The van der Waals surface area contributed by atoms with Crippen LogP contribution in [0.4, 0.5) is 0 Å². The Morgan fingerprint density at radius 1 is 1.54 bits per heavy atom. The van der Waals surface area contributed by atoms with Crippen molar-refractivity contribution in [2.45, 2.75) is 39.7 Å². The van der Waals surface area contributed by atoms with Crippen LogP contribution in [-0.2, 0) is 13.0 Å². The van der Waals surface area contributed by atoms with Gasteiger partial charge >= 0.3 is 0 Å². The molecule has 0 aliphatic carbocycles. The molecule has 13 heavy (non-hydrogen) atoms. The van der Waals surface area contributed by atoms with Gasteiger partial charge in [-0.25, -0.2) is 0 Å². The maximum atomic E-state index is 5.49. The van der Waals surface area contributed by atoms with Crippen LogP contribution in [0, 0.1) is 0 Å². The molecule has 0 aliphatic rings. The Labute approximate surface area is 79.9 Å². The van der Waals surface area contributed by atoms with Gasteiger partial charge in [-0.2, -0.15) is 5.10 Å². The van der Waals surface area contributed by atoms with E-state index in [4.69, 9.17) is 5.73 Å². The van der Waals surface area contributed by atoms with E-state index in [0.717, 1.165) is 18.7 Å². The lowest BCUT2D eigenvalue weighted by atomic mass is 10.1. The van der Waals surface area contributed by atoms with Crippen LogP contribution in [0.25, 0.3) is 0 Å². The Morgan fingerprint density at radius 2 is 2.23 bits per heavy atom. The van der Waals surface area contributed by atoms with E-state index in [1.54, 1.807) is 0 Å². The minimum atomic E-state index is 0.541. The Kier molecular flexibility index (Phi) is 3.48. The van der Waals surface area contributed by atoms with Crippen molar-refractivity contribution >= 4 is 0 Å². The van der Waals surface area contributed by atoms with Crippen molar-refractivity contribution in [3.63, 3.8) is 0 Å². The molecule has 1 rings (SSSR count). The molecule has 1 heterocycles. The van der Waals surface area contributed by atoms with E-state index in [1.807, 2.05) is 0 Å². The van der Waals surface area contributed by atoms with Gasteiger partial charge in [-0.1, -0.05) is 13.8 Å². The molecule has 3 nitrogen and oxygen atoms in total. The summed E-state index contributed by atoms with van der Waals surface area (Å²) in [7, 11) is 0. The molecule has 0 unspecified atom stereocenters. The molecule has 1 aromatic rings. The van der Waals surface area contributed by atoms with E-state index in [-0.39, 0.29) is 0 Å². The van der Waals surface area contributed by atoms with Gasteiger partial charge in [-0.3, -0.25) is 4.68 Å². The fraction of sp³-hybridized carbons (Fsp3) is 0.700. The lowest BCUT2D eigenvalue weighted by Crippen LogP contribution is -2.05. The molecule has 0 amide bonds. The monoisotopic (exact) mass is 181 g/mol. The molecule has 74 valence electrons. The van der Waals surface area contributed by atoms with Crippen molar-refractivity contribution in [1.29, 1.82) is 0 Å².